The van der Waals surface area contributed by atoms with E-state index in [9.17, 15) is 14.7 Å². The normalized spacial score (nSPS) is 14.0. The summed E-state index contributed by atoms with van der Waals surface area (Å²) in [5.41, 5.74) is 5.91. The van der Waals surface area contributed by atoms with Crippen LogP contribution in [0.15, 0.2) is 64.8 Å². The first-order valence-corrected chi connectivity index (χ1v) is 12.4. The number of carbonyl (C=O) groups is 1. The fraction of sp³-hybridized carbons (Fsp3) is 0.143. The van der Waals surface area contributed by atoms with E-state index in [2.05, 4.69) is 4.98 Å². The molecular formula is C28H21N3O4S. The van der Waals surface area contributed by atoms with Gasteiger partial charge >= 0.3 is 5.97 Å². The van der Waals surface area contributed by atoms with Crippen LogP contribution in [0, 0.1) is 6.92 Å². The lowest BCUT2D eigenvalue weighted by molar-refractivity contribution is 0.0469. The molecule has 7 nitrogen and oxygen atoms in total. The van der Waals surface area contributed by atoms with Gasteiger partial charge in [-0.2, -0.15) is 0 Å². The van der Waals surface area contributed by atoms with Gasteiger partial charge < -0.3 is 9.84 Å². The van der Waals surface area contributed by atoms with Crippen LogP contribution in [0.2, 0.25) is 0 Å². The number of phenolic OH excluding ortho intramolecular Hbond substituents is 1. The van der Waals surface area contributed by atoms with Gasteiger partial charge in [0.05, 0.1) is 22.5 Å². The van der Waals surface area contributed by atoms with Crippen LogP contribution in [0.25, 0.3) is 27.5 Å². The van der Waals surface area contributed by atoms with Gasteiger partial charge in [-0.15, -0.1) is 11.3 Å². The Morgan fingerprint density at radius 2 is 1.94 bits per heavy atom. The number of benzene rings is 2. The van der Waals surface area contributed by atoms with E-state index in [1.165, 1.54) is 17.4 Å². The molecule has 3 aromatic heterocycles. The molecule has 8 heteroatoms. The Morgan fingerprint density at radius 1 is 1.14 bits per heavy atom. The highest BCUT2D eigenvalue weighted by Crippen LogP contribution is 2.38. The third-order valence-corrected chi connectivity index (χ3v) is 7.30. The number of para-hydroxylation sites is 1. The zero-order valence-electron chi connectivity index (χ0n) is 19.4. The first kappa shape index (κ1) is 22.2. The van der Waals surface area contributed by atoms with Crippen molar-refractivity contribution in [2.24, 2.45) is 0 Å². The Morgan fingerprint density at radius 3 is 2.78 bits per heavy atom. The largest absolute Gasteiger partial charge is 0.508 e. The van der Waals surface area contributed by atoms with Gasteiger partial charge in [-0.05, 0) is 60.7 Å². The van der Waals surface area contributed by atoms with E-state index in [4.69, 9.17) is 9.72 Å². The summed E-state index contributed by atoms with van der Waals surface area (Å²) in [6, 6.07) is 15.9. The number of fused-ring (bicyclic) bond motifs is 3. The maximum Gasteiger partial charge on any atom is 0.339 e. The molecule has 0 radical (unpaired) electrons. The molecule has 0 spiro atoms. The van der Waals surface area contributed by atoms with Crippen molar-refractivity contribution in [2.45, 2.75) is 26.4 Å². The van der Waals surface area contributed by atoms with Crippen molar-refractivity contribution in [3.63, 3.8) is 0 Å². The number of aromatic nitrogens is 3. The molecule has 1 aliphatic rings. The molecule has 178 valence electrons. The van der Waals surface area contributed by atoms with Gasteiger partial charge in [-0.1, -0.05) is 30.3 Å². The van der Waals surface area contributed by atoms with Crippen molar-refractivity contribution in [3.05, 3.63) is 104 Å². The molecule has 2 aromatic carbocycles. The number of aromatic hydroxyl groups is 1. The maximum atomic E-state index is 13.4. The van der Waals surface area contributed by atoms with Crippen LogP contribution in [0.5, 0.6) is 5.75 Å². The van der Waals surface area contributed by atoms with E-state index in [0.29, 0.717) is 28.2 Å². The van der Waals surface area contributed by atoms with Crippen LogP contribution < -0.4 is 5.56 Å². The minimum Gasteiger partial charge on any atom is -0.508 e. The zero-order valence-corrected chi connectivity index (χ0v) is 20.2. The summed E-state index contributed by atoms with van der Waals surface area (Å²) < 4.78 is 7.25. The molecule has 0 atom stereocenters. The van der Waals surface area contributed by atoms with Gasteiger partial charge in [0.15, 0.2) is 4.96 Å². The van der Waals surface area contributed by atoms with E-state index < -0.39 is 5.97 Å². The molecule has 6 rings (SSSR count). The first-order chi connectivity index (χ1) is 17.5. The maximum absolute atomic E-state index is 13.4. The van der Waals surface area contributed by atoms with Gasteiger partial charge in [-0.3, -0.25) is 9.20 Å². The van der Waals surface area contributed by atoms with Crippen LogP contribution in [0.1, 0.15) is 45.0 Å². The fourth-order valence-corrected chi connectivity index (χ4v) is 5.56. The molecule has 0 unspecified atom stereocenters. The van der Waals surface area contributed by atoms with Crippen LogP contribution in [0.3, 0.4) is 0 Å². The number of esters is 1. The molecule has 0 fully saturated rings. The number of rotatable bonds is 4. The van der Waals surface area contributed by atoms with Crippen LogP contribution in [-0.2, 0) is 17.8 Å². The van der Waals surface area contributed by atoms with Crippen LogP contribution in [0.4, 0.5) is 0 Å². The van der Waals surface area contributed by atoms with E-state index in [-0.39, 0.29) is 17.9 Å². The number of thiazole rings is 1. The van der Waals surface area contributed by atoms with E-state index in [1.807, 2.05) is 54.8 Å². The molecule has 36 heavy (non-hydrogen) atoms. The molecule has 0 aliphatic heterocycles. The van der Waals surface area contributed by atoms with Gasteiger partial charge in [0.1, 0.15) is 12.4 Å². The average Bonchev–Trinajstić information content (AvgIpc) is 3.45. The average molecular weight is 496 g/mol. The quantitative estimate of drug-likeness (QED) is 0.346. The Labute approximate surface area is 210 Å². The summed E-state index contributed by atoms with van der Waals surface area (Å²) in [7, 11) is 0. The summed E-state index contributed by atoms with van der Waals surface area (Å²) in [6.45, 7) is 1.76. The van der Waals surface area contributed by atoms with E-state index >= 15 is 0 Å². The Balaban J connectivity index is 1.37. The molecular weight excluding hydrogens is 474 g/mol. The molecule has 1 N–H and O–H groups in total. The summed E-state index contributed by atoms with van der Waals surface area (Å²) >= 11 is 1.38. The number of nitrogens with zero attached hydrogens (tertiary/aromatic N) is 3. The van der Waals surface area contributed by atoms with Crippen molar-refractivity contribution >= 4 is 44.8 Å². The first-order valence-electron chi connectivity index (χ1n) is 11.5. The Kier molecular flexibility index (Phi) is 5.38. The lowest BCUT2D eigenvalue weighted by Crippen LogP contribution is -2.17. The molecule has 0 saturated carbocycles. The van der Waals surface area contributed by atoms with Crippen molar-refractivity contribution in [3.8, 4) is 5.75 Å². The highest BCUT2D eigenvalue weighted by molar-refractivity contribution is 7.15. The lowest BCUT2D eigenvalue weighted by Gasteiger charge is -2.12. The number of hydrogen-bond donors (Lipinski definition) is 1. The fourth-order valence-electron chi connectivity index (χ4n) is 4.67. The standard InChI is InChI=1S/C28H21N3O4S/c1-16-15-36-28-29-19(13-24(33)31(16)28)14-35-27(34)25-21-4-2-3-5-23(21)30-26-18(8-11-22(25)26)12-17-6-9-20(32)10-7-17/h2-7,9-10,12-13,15,32H,8,11,14H2,1H3/b18-12+. The predicted molar refractivity (Wildman–Crippen MR) is 139 cm³/mol. The topological polar surface area (TPSA) is 93.8 Å². The Hall–Kier alpha value is -4.30. The highest BCUT2D eigenvalue weighted by atomic mass is 32.1. The molecule has 3 heterocycles. The summed E-state index contributed by atoms with van der Waals surface area (Å²) in [5.74, 6) is -0.247. The number of ether oxygens (including phenoxy) is 1. The third kappa shape index (κ3) is 3.85. The number of pyridine rings is 1. The zero-order chi connectivity index (χ0) is 24.8. The smallest absolute Gasteiger partial charge is 0.339 e. The number of allylic oxidation sites excluding steroid dienone is 1. The molecule has 0 saturated heterocycles. The SMILES string of the molecule is Cc1csc2nc(COC(=O)c3c4c(nc5ccccc35)/C(=C/c3ccc(O)cc3)CC4)cc(=O)n12. The second kappa shape index (κ2) is 8.73. The van der Waals surface area contributed by atoms with E-state index in [0.717, 1.165) is 39.9 Å². The molecule has 5 aromatic rings. The van der Waals surface area contributed by atoms with Crippen molar-refractivity contribution < 1.29 is 14.6 Å². The van der Waals surface area contributed by atoms with Gasteiger partial charge in [0, 0.05) is 22.5 Å². The number of aryl methyl sites for hydroxylation is 1. The molecule has 1 aliphatic carbocycles. The minimum absolute atomic E-state index is 0.0941. The number of hydrogen-bond acceptors (Lipinski definition) is 7. The summed E-state index contributed by atoms with van der Waals surface area (Å²) in [6.07, 6.45) is 3.45. The molecule has 0 bridgehead atoms. The Bertz CT molecular complexity index is 1750. The van der Waals surface area contributed by atoms with Crippen molar-refractivity contribution in [1.29, 1.82) is 0 Å². The monoisotopic (exact) mass is 495 g/mol. The summed E-state index contributed by atoms with van der Waals surface area (Å²) in [5, 5.41) is 12.2. The van der Waals surface area contributed by atoms with Crippen molar-refractivity contribution in [2.75, 3.05) is 0 Å². The van der Waals surface area contributed by atoms with Crippen LogP contribution >= 0.6 is 11.3 Å². The van der Waals surface area contributed by atoms with E-state index in [1.54, 1.807) is 16.5 Å². The van der Waals surface area contributed by atoms with Gasteiger partial charge in [-0.25, -0.2) is 14.8 Å². The number of phenols is 1. The van der Waals surface area contributed by atoms with Crippen molar-refractivity contribution in [1.82, 2.24) is 14.4 Å². The number of carbonyl (C=O) groups excluding carboxylic acids is 1. The highest BCUT2D eigenvalue weighted by Gasteiger charge is 2.27. The second-order valence-corrected chi connectivity index (χ2v) is 9.59. The predicted octanol–water partition coefficient (Wildman–Crippen LogP) is 5.16. The van der Waals surface area contributed by atoms with Gasteiger partial charge in [0.2, 0.25) is 0 Å². The van der Waals surface area contributed by atoms with Crippen LogP contribution in [-0.4, -0.2) is 25.4 Å². The summed E-state index contributed by atoms with van der Waals surface area (Å²) in [4.78, 5) is 35.9. The third-order valence-electron chi connectivity index (χ3n) is 6.36. The lowest BCUT2D eigenvalue weighted by atomic mass is 10.0. The second-order valence-electron chi connectivity index (χ2n) is 8.75. The minimum atomic E-state index is -0.458. The molecule has 0 amide bonds. The van der Waals surface area contributed by atoms with Gasteiger partial charge in [0.25, 0.3) is 5.56 Å².